The Morgan fingerprint density at radius 1 is 1.28 bits per heavy atom. The number of hydrogen-bond donors (Lipinski definition) is 1. The van der Waals surface area contributed by atoms with E-state index in [1.54, 1.807) is 0 Å². The quantitative estimate of drug-likeness (QED) is 0.926. The lowest BCUT2D eigenvalue weighted by atomic mass is 9.97. The molecule has 1 saturated heterocycles. The molecular formula is C19H25N5O. The van der Waals surface area contributed by atoms with Gasteiger partial charge in [-0.1, -0.05) is 30.3 Å². The molecule has 132 valence electrons. The van der Waals surface area contributed by atoms with Gasteiger partial charge in [-0.25, -0.2) is 0 Å². The normalized spacial score (nSPS) is 23.3. The summed E-state index contributed by atoms with van der Waals surface area (Å²) in [6.07, 6.45) is 2.85. The maximum atomic E-state index is 12.8. The number of carbonyl (C=O) groups excluding carboxylic acids is 1. The van der Waals surface area contributed by atoms with E-state index in [1.165, 1.54) is 5.56 Å². The zero-order valence-corrected chi connectivity index (χ0v) is 14.7. The Bertz CT molecular complexity index is 736. The predicted molar refractivity (Wildman–Crippen MR) is 95.0 cm³/mol. The van der Waals surface area contributed by atoms with E-state index >= 15 is 0 Å². The van der Waals surface area contributed by atoms with Crippen LogP contribution in [0.15, 0.2) is 30.3 Å². The minimum atomic E-state index is 0.110. The van der Waals surface area contributed by atoms with Crippen LogP contribution in [0.2, 0.25) is 0 Å². The molecule has 0 spiro atoms. The molecule has 4 rings (SSSR count). The summed E-state index contributed by atoms with van der Waals surface area (Å²) in [6.45, 7) is 5.29. The van der Waals surface area contributed by atoms with Crippen LogP contribution in [0.25, 0.3) is 0 Å². The molecule has 1 fully saturated rings. The molecule has 0 saturated carbocycles. The van der Waals surface area contributed by atoms with Crippen LogP contribution in [0.1, 0.15) is 43.0 Å². The highest BCUT2D eigenvalue weighted by molar-refractivity contribution is 5.79. The molecule has 1 N–H and O–H groups in total. The molecule has 2 aliphatic heterocycles. The number of rotatable bonds is 3. The van der Waals surface area contributed by atoms with E-state index in [0.29, 0.717) is 6.54 Å². The van der Waals surface area contributed by atoms with Gasteiger partial charge >= 0.3 is 0 Å². The molecule has 25 heavy (non-hydrogen) atoms. The number of nitrogens with one attached hydrogen (secondary N) is 1. The lowest BCUT2D eigenvalue weighted by Crippen LogP contribution is -2.47. The Morgan fingerprint density at radius 3 is 2.88 bits per heavy atom. The van der Waals surface area contributed by atoms with E-state index in [-0.39, 0.29) is 17.9 Å². The van der Waals surface area contributed by atoms with Gasteiger partial charge in [0.25, 0.3) is 0 Å². The van der Waals surface area contributed by atoms with Crippen LogP contribution in [-0.4, -0.2) is 45.2 Å². The molecular weight excluding hydrogens is 314 g/mol. The summed E-state index contributed by atoms with van der Waals surface area (Å²) in [6, 6.07) is 10.5. The smallest absolute Gasteiger partial charge is 0.227 e. The summed E-state index contributed by atoms with van der Waals surface area (Å²) in [5.41, 5.74) is 1.23. The zero-order valence-electron chi connectivity index (χ0n) is 14.7. The van der Waals surface area contributed by atoms with Crippen molar-refractivity contribution in [3.63, 3.8) is 0 Å². The van der Waals surface area contributed by atoms with Crippen molar-refractivity contribution in [2.45, 2.75) is 38.8 Å². The summed E-state index contributed by atoms with van der Waals surface area (Å²) in [4.78, 5) is 14.8. The monoisotopic (exact) mass is 339 g/mol. The van der Waals surface area contributed by atoms with Crippen LogP contribution in [0.5, 0.6) is 0 Å². The largest absolute Gasteiger partial charge is 0.333 e. The van der Waals surface area contributed by atoms with Crippen molar-refractivity contribution in [2.75, 3.05) is 19.6 Å². The number of benzene rings is 1. The third-order valence-corrected chi connectivity index (χ3v) is 5.26. The van der Waals surface area contributed by atoms with Crippen LogP contribution >= 0.6 is 0 Å². The second-order valence-electron chi connectivity index (χ2n) is 7.18. The fraction of sp³-hybridized carbons (Fsp3) is 0.526. The van der Waals surface area contributed by atoms with Crippen molar-refractivity contribution in [2.24, 2.45) is 5.92 Å². The van der Waals surface area contributed by atoms with Gasteiger partial charge in [-0.2, -0.15) is 0 Å². The SMILES string of the molecule is C[C@H]1CN(C(=O)[C@@H]2CCCNC2)Cc2nnc(Cc3ccccc3)n21. The van der Waals surface area contributed by atoms with Crippen LogP contribution in [0.3, 0.4) is 0 Å². The molecule has 0 radical (unpaired) electrons. The Morgan fingerprint density at radius 2 is 2.12 bits per heavy atom. The van der Waals surface area contributed by atoms with Gasteiger partial charge in [-0.05, 0) is 31.9 Å². The highest BCUT2D eigenvalue weighted by atomic mass is 16.2. The second kappa shape index (κ2) is 6.96. The first-order chi connectivity index (χ1) is 12.2. The van der Waals surface area contributed by atoms with Crippen LogP contribution in [0.4, 0.5) is 0 Å². The van der Waals surface area contributed by atoms with Gasteiger partial charge in [0.15, 0.2) is 5.82 Å². The van der Waals surface area contributed by atoms with Gasteiger partial charge < -0.3 is 14.8 Å². The Hall–Kier alpha value is -2.21. The maximum Gasteiger partial charge on any atom is 0.227 e. The van der Waals surface area contributed by atoms with Crippen LogP contribution < -0.4 is 5.32 Å². The topological polar surface area (TPSA) is 63.1 Å². The highest BCUT2D eigenvalue weighted by Crippen LogP contribution is 2.25. The standard InChI is InChI=1S/C19H25N5O/c1-14-12-23(19(25)16-8-5-9-20-11-16)13-18-22-21-17(24(14)18)10-15-6-3-2-4-7-15/h2-4,6-7,14,16,20H,5,8-13H2,1H3/t14-,16+/m0/s1. The third-order valence-electron chi connectivity index (χ3n) is 5.26. The summed E-state index contributed by atoms with van der Waals surface area (Å²) in [5, 5.41) is 12.1. The second-order valence-corrected chi connectivity index (χ2v) is 7.18. The number of nitrogens with zero attached hydrogens (tertiary/aromatic N) is 4. The fourth-order valence-electron chi connectivity index (χ4n) is 4.00. The van der Waals surface area contributed by atoms with Crippen LogP contribution in [0, 0.1) is 5.92 Å². The first-order valence-electron chi connectivity index (χ1n) is 9.18. The van der Waals surface area contributed by atoms with Crippen molar-refractivity contribution in [3.05, 3.63) is 47.5 Å². The van der Waals surface area contributed by atoms with Gasteiger partial charge in [0.05, 0.1) is 18.5 Å². The molecule has 1 aromatic carbocycles. The Kier molecular flexibility index (Phi) is 4.53. The predicted octanol–water partition coefficient (Wildman–Crippen LogP) is 1.77. The maximum absolute atomic E-state index is 12.8. The summed E-state index contributed by atoms with van der Waals surface area (Å²) in [7, 11) is 0. The number of amides is 1. The molecule has 2 aromatic rings. The van der Waals surface area contributed by atoms with Crippen molar-refractivity contribution < 1.29 is 4.79 Å². The zero-order chi connectivity index (χ0) is 17.2. The average Bonchev–Trinajstić information content (AvgIpc) is 3.06. The van der Waals surface area contributed by atoms with Gasteiger partial charge in [0, 0.05) is 19.5 Å². The first kappa shape index (κ1) is 16.3. The molecule has 0 bridgehead atoms. The van der Waals surface area contributed by atoms with Gasteiger partial charge in [-0.15, -0.1) is 10.2 Å². The molecule has 3 heterocycles. The molecule has 0 unspecified atom stereocenters. The Labute approximate surface area is 148 Å². The molecule has 0 aliphatic carbocycles. The van der Waals surface area contributed by atoms with Crippen LogP contribution in [-0.2, 0) is 17.8 Å². The number of aromatic nitrogens is 3. The van der Waals surface area contributed by atoms with E-state index in [4.69, 9.17) is 0 Å². The number of piperidine rings is 1. The molecule has 1 aromatic heterocycles. The number of fused-ring (bicyclic) bond motifs is 1. The van der Waals surface area contributed by atoms with Gasteiger partial charge in [0.1, 0.15) is 5.82 Å². The molecule has 6 heteroatoms. The van der Waals surface area contributed by atoms with Crippen molar-refractivity contribution in [1.82, 2.24) is 25.0 Å². The summed E-state index contributed by atoms with van der Waals surface area (Å²) < 4.78 is 2.22. The lowest BCUT2D eigenvalue weighted by Gasteiger charge is -2.35. The highest BCUT2D eigenvalue weighted by Gasteiger charge is 2.32. The van der Waals surface area contributed by atoms with Gasteiger partial charge in [-0.3, -0.25) is 4.79 Å². The van der Waals surface area contributed by atoms with E-state index in [1.807, 2.05) is 23.1 Å². The minimum absolute atomic E-state index is 0.110. The number of hydrogen-bond acceptors (Lipinski definition) is 4. The minimum Gasteiger partial charge on any atom is -0.333 e. The van der Waals surface area contributed by atoms with E-state index in [9.17, 15) is 4.79 Å². The average molecular weight is 339 g/mol. The molecule has 1 amide bonds. The van der Waals surface area contributed by atoms with Crippen molar-refractivity contribution >= 4 is 5.91 Å². The molecule has 2 atom stereocenters. The lowest BCUT2D eigenvalue weighted by molar-refractivity contribution is -0.138. The Balaban J connectivity index is 1.51. The van der Waals surface area contributed by atoms with Crippen molar-refractivity contribution in [3.8, 4) is 0 Å². The van der Waals surface area contributed by atoms with Gasteiger partial charge in [0.2, 0.25) is 5.91 Å². The van der Waals surface area contributed by atoms with E-state index < -0.39 is 0 Å². The number of carbonyl (C=O) groups is 1. The summed E-state index contributed by atoms with van der Waals surface area (Å²) >= 11 is 0. The summed E-state index contributed by atoms with van der Waals surface area (Å²) in [5.74, 6) is 2.26. The fourth-order valence-corrected chi connectivity index (χ4v) is 4.00. The first-order valence-corrected chi connectivity index (χ1v) is 9.18. The van der Waals surface area contributed by atoms with Crippen molar-refractivity contribution in [1.29, 1.82) is 0 Å². The molecule has 2 aliphatic rings. The third kappa shape index (κ3) is 3.31. The van der Waals surface area contributed by atoms with E-state index in [0.717, 1.165) is 50.5 Å². The molecule has 6 nitrogen and oxygen atoms in total. The van der Waals surface area contributed by atoms with E-state index in [2.05, 4.69) is 39.1 Å².